The van der Waals surface area contributed by atoms with Gasteiger partial charge in [-0.25, -0.2) is 0 Å². The average molecular weight is 368 g/mol. The molecule has 0 heterocycles. The molecule has 0 atom stereocenters. The Hall–Kier alpha value is -1.52. The molecule has 0 unspecified atom stereocenters. The van der Waals surface area contributed by atoms with Gasteiger partial charge in [-0.2, -0.15) is 0 Å². The van der Waals surface area contributed by atoms with E-state index in [-0.39, 0.29) is 12.5 Å². The molecule has 0 aromatic heterocycles. The van der Waals surface area contributed by atoms with Gasteiger partial charge in [0.05, 0.1) is 17.3 Å². The summed E-state index contributed by atoms with van der Waals surface area (Å²) in [6.07, 6.45) is 0. The first-order chi connectivity index (χ1) is 9.95. The van der Waals surface area contributed by atoms with Crippen LogP contribution in [-0.2, 0) is 4.79 Å². The Morgan fingerprint density at radius 3 is 2.52 bits per heavy atom. The Morgan fingerprint density at radius 1 is 1.14 bits per heavy atom. The van der Waals surface area contributed by atoms with E-state index in [1.54, 1.807) is 6.07 Å². The summed E-state index contributed by atoms with van der Waals surface area (Å²) >= 11 is 9.51. The number of hydrogen-bond acceptors (Lipinski definition) is 2. The summed E-state index contributed by atoms with van der Waals surface area (Å²) in [6.45, 7) is 4.13. The molecule has 2 aromatic carbocycles. The van der Waals surface area contributed by atoms with Gasteiger partial charge in [0.15, 0.2) is 0 Å². The van der Waals surface area contributed by atoms with Crippen LogP contribution in [0.3, 0.4) is 0 Å². The van der Waals surface area contributed by atoms with E-state index in [0.717, 1.165) is 21.3 Å². The van der Waals surface area contributed by atoms with Crippen LogP contribution in [0.1, 0.15) is 11.1 Å². The van der Waals surface area contributed by atoms with Crippen LogP contribution < -0.4 is 10.6 Å². The SMILES string of the molecule is Cc1ccc(NC(=O)CNc2ccc(Br)cc2C)c(Cl)c1. The third-order valence-electron chi connectivity index (χ3n) is 3.03. The second-order valence-corrected chi connectivity index (χ2v) is 6.17. The molecule has 0 fully saturated rings. The number of amides is 1. The number of nitrogens with one attached hydrogen (secondary N) is 2. The van der Waals surface area contributed by atoms with E-state index in [4.69, 9.17) is 11.6 Å². The highest BCUT2D eigenvalue weighted by molar-refractivity contribution is 9.10. The second-order valence-electron chi connectivity index (χ2n) is 4.84. The Bertz CT molecular complexity index is 673. The fraction of sp³-hybridized carbons (Fsp3) is 0.188. The van der Waals surface area contributed by atoms with Gasteiger partial charge in [0, 0.05) is 10.2 Å². The maximum Gasteiger partial charge on any atom is 0.243 e. The number of carbonyl (C=O) groups is 1. The molecule has 110 valence electrons. The lowest BCUT2D eigenvalue weighted by Crippen LogP contribution is -2.22. The van der Waals surface area contributed by atoms with Crippen molar-refractivity contribution in [3.05, 3.63) is 57.0 Å². The third-order valence-corrected chi connectivity index (χ3v) is 3.83. The zero-order valence-corrected chi connectivity index (χ0v) is 14.2. The van der Waals surface area contributed by atoms with Crippen molar-refractivity contribution in [1.82, 2.24) is 0 Å². The van der Waals surface area contributed by atoms with Gasteiger partial charge in [0.25, 0.3) is 0 Å². The summed E-state index contributed by atoms with van der Waals surface area (Å²) in [5, 5.41) is 6.46. The summed E-state index contributed by atoms with van der Waals surface area (Å²) in [5.74, 6) is -0.136. The Labute approximate surface area is 137 Å². The molecule has 2 N–H and O–H groups in total. The molecule has 3 nitrogen and oxygen atoms in total. The molecule has 21 heavy (non-hydrogen) atoms. The van der Waals surface area contributed by atoms with Gasteiger partial charge in [-0.1, -0.05) is 33.6 Å². The number of rotatable bonds is 4. The van der Waals surface area contributed by atoms with Crippen LogP contribution in [0.4, 0.5) is 11.4 Å². The average Bonchev–Trinajstić information content (AvgIpc) is 2.41. The Balaban J connectivity index is 1.96. The predicted molar refractivity (Wildman–Crippen MR) is 92.2 cm³/mol. The van der Waals surface area contributed by atoms with Gasteiger partial charge in [-0.3, -0.25) is 4.79 Å². The molecule has 0 aliphatic carbocycles. The minimum Gasteiger partial charge on any atom is -0.376 e. The molecule has 0 bridgehead atoms. The molecule has 1 amide bonds. The fourth-order valence-electron chi connectivity index (χ4n) is 1.92. The second kappa shape index (κ2) is 6.96. The minimum absolute atomic E-state index is 0.136. The molecule has 0 saturated heterocycles. The Kier molecular flexibility index (Phi) is 5.26. The first-order valence-electron chi connectivity index (χ1n) is 6.52. The van der Waals surface area contributed by atoms with Gasteiger partial charge in [-0.05, 0) is 55.3 Å². The van der Waals surface area contributed by atoms with Crippen molar-refractivity contribution in [2.24, 2.45) is 0 Å². The third kappa shape index (κ3) is 4.48. The van der Waals surface area contributed by atoms with Crippen molar-refractivity contribution in [2.45, 2.75) is 13.8 Å². The van der Waals surface area contributed by atoms with E-state index >= 15 is 0 Å². The number of anilines is 2. The highest BCUT2D eigenvalue weighted by Crippen LogP contribution is 2.23. The van der Waals surface area contributed by atoms with Crippen LogP contribution in [0.15, 0.2) is 40.9 Å². The number of halogens is 2. The highest BCUT2D eigenvalue weighted by Gasteiger charge is 2.07. The van der Waals surface area contributed by atoms with Crippen molar-refractivity contribution in [3.63, 3.8) is 0 Å². The Morgan fingerprint density at radius 2 is 1.86 bits per heavy atom. The largest absolute Gasteiger partial charge is 0.376 e. The molecule has 0 radical (unpaired) electrons. The van der Waals surface area contributed by atoms with Crippen LogP contribution in [0.5, 0.6) is 0 Å². The zero-order chi connectivity index (χ0) is 15.4. The molecular weight excluding hydrogens is 352 g/mol. The van der Waals surface area contributed by atoms with E-state index < -0.39 is 0 Å². The normalized spacial score (nSPS) is 10.3. The quantitative estimate of drug-likeness (QED) is 0.817. The minimum atomic E-state index is -0.136. The van der Waals surface area contributed by atoms with Gasteiger partial charge >= 0.3 is 0 Å². The van der Waals surface area contributed by atoms with Crippen molar-refractivity contribution < 1.29 is 4.79 Å². The lowest BCUT2D eigenvalue weighted by Gasteiger charge is -2.11. The molecule has 5 heteroatoms. The van der Waals surface area contributed by atoms with E-state index in [9.17, 15) is 4.79 Å². The van der Waals surface area contributed by atoms with E-state index in [1.807, 2.05) is 44.2 Å². The maximum atomic E-state index is 12.0. The van der Waals surface area contributed by atoms with Crippen molar-refractivity contribution in [3.8, 4) is 0 Å². The number of carbonyl (C=O) groups excluding carboxylic acids is 1. The predicted octanol–water partition coefficient (Wildman–Crippen LogP) is 4.77. The standard InChI is InChI=1S/C16H16BrClN2O/c1-10-3-5-15(13(18)7-10)20-16(21)9-19-14-6-4-12(17)8-11(14)2/h3-8,19H,9H2,1-2H3,(H,20,21). The van der Waals surface area contributed by atoms with E-state index in [1.165, 1.54) is 0 Å². The van der Waals surface area contributed by atoms with E-state index in [2.05, 4.69) is 26.6 Å². The smallest absolute Gasteiger partial charge is 0.243 e. The summed E-state index contributed by atoms with van der Waals surface area (Å²) in [6, 6.07) is 11.4. The topological polar surface area (TPSA) is 41.1 Å². The number of hydrogen-bond donors (Lipinski definition) is 2. The fourth-order valence-corrected chi connectivity index (χ4v) is 2.67. The molecule has 2 aromatic rings. The molecule has 2 rings (SSSR count). The zero-order valence-electron chi connectivity index (χ0n) is 11.8. The van der Waals surface area contributed by atoms with Crippen molar-refractivity contribution in [1.29, 1.82) is 0 Å². The number of benzene rings is 2. The molecule has 0 aliphatic heterocycles. The summed E-state index contributed by atoms with van der Waals surface area (Å²) < 4.78 is 1.02. The van der Waals surface area contributed by atoms with Crippen LogP contribution in [-0.4, -0.2) is 12.5 Å². The van der Waals surface area contributed by atoms with Crippen LogP contribution >= 0.6 is 27.5 Å². The van der Waals surface area contributed by atoms with Gasteiger partial charge in [0.1, 0.15) is 0 Å². The van der Waals surface area contributed by atoms with Gasteiger partial charge < -0.3 is 10.6 Å². The lowest BCUT2D eigenvalue weighted by atomic mass is 10.2. The summed E-state index contributed by atoms with van der Waals surface area (Å²) in [4.78, 5) is 12.0. The van der Waals surface area contributed by atoms with Crippen LogP contribution in [0, 0.1) is 13.8 Å². The number of aryl methyl sites for hydroxylation is 2. The van der Waals surface area contributed by atoms with Crippen molar-refractivity contribution in [2.75, 3.05) is 17.2 Å². The van der Waals surface area contributed by atoms with Gasteiger partial charge in [0.2, 0.25) is 5.91 Å². The molecular formula is C16H16BrClN2O. The van der Waals surface area contributed by atoms with E-state index in [0.29, 0.717) is 10.7 Å². The summed E-state index contributed by atoms with van der Waals surface area (Å²) in [5.41, 5.74) is 3.69. The molecule has 0 saturated carbocycles. The van der Waals surface area contributed by atoms with Crippen molar-refractivity contribution >= 4 is 44.8 Å². The van der Waals surface area contributed by atoms with Crippen LogP contribution in [0.25, 0.3) is 0 Å². The first-order valence-corrected chi connectivity index (χ1v) is 7.69. The maximum absolute atomic E-state index is 12.0. The summed E-state index contributed by atoms with van der Waals surface area (Å²) in [7, 11) is 0. The first kappa shape index (κ1) is 15.9. The highest BCUT2D eigenvalue weighted by atomic mass is 79.9. The van der Waals surface area contributed by atoms with Gasteiger partial charge in [-0.15, -0.1) is 0 Å². The molecule has 0 spiro atoms. The van der Waals surface area contributed by atoms with Crippen LogP contribution in [0.2, 0.25) is 5.02 Å². The monoisotopic (exact) mass is 366 g/mol. The lowest BCUT2D eigenvalue weighted by molar-refractivity contribution is -0.114. The molecule has 0 aliphatic rings.